The second kappa shape index (κ2) is 11.7. The Kier molecular flexibility index (Phi) is 11.4. The molecular formula is C19H33Cl2N3O. The Hall–Kier alpha value is -0.810. The van der Waals surface area contributed by atoms with Crippen LogP contribution in [0.4, 0.5) is 0 Å². The van der Waals surface area contributed by atoms with E-state index in [2.05, 4.69) is 67.6 Å². The van der Waals surface area contributed by atoms with E-state index < -0.39 is 0 Å². The zero-order valence-electron chi connectivity index (χ0n) is 15.7. The molecule has 0 bridgehead atoms. The lowest BCUT2D eigenvalue weighted by Gasteiger charge is -2.27. The minimum absolute atomic E-state index is 0. The molecule has 0 aromatic heterocycles. The molecule has 2 atom stereocenters. The Morgan fingerprint density at radius 2 is 2.00 bits per heavy atom. The van der Waals surface area contributed by atoms with Crippen LogP contribution in [0.2, 0.25) is 0 Å². The van der Waals surface area contributed by atoms with E-state index in [0.717, 1.165) is 25.9 Å². The molecule has 6 heteroatoms. The minimum Gasteiger partial charge on any atom is -0.352 e. The molecule has 2 N–H and O–H groups in total. The molecule has 2 rings (SSSR count). The van der Waals surface area contributed by atoms with Crippen molar-refractivity contribution in [3.8, 4) is 0 Å². The standard InChI is InChI=1S/C19H31N3O.2ClH/c1-14(2)22(4)13-17-7-5-6-16(11-17)12-21-19(23)18-8-9-20-15(3)10-18;;/h5-7,11,14-15,18,20H,8-10,12-13H2,1-4H3,(H,21,23);2*1H/t15-,18-;;/m0../s1. The predicted molar refractivity (Wildman–Crippen MR) is 110 cm³/mol. The van der Waals surface area contributed by atoms with Crippen LogP contribution in [-0.4, -0.2) is 36.5 Å². The van der Waals surface area contributed by atoms with Crippen LogP contribution in [0.3, 0.4) is 0 Å². The van der Waals surface area contributed by atoms with Crippen LogP contribution in [0.5, 0.6) is 0 Å². The van der Waals surface area contributed by atoms with Crippen LogP contribution in [0.15, 0.2) is 24.3 Å². The number of carbonyl (C=O) groups excluding carboxylic acids is 1. The number of halogens is 2. The molecule has 4 nitrogen and oxygen atoms in total. The summed E-state index contributed by atoms with van der Waals surface area (Å²) in [7, 11) is 2.14. The molecule has 0 radical (unpaired) electrons. The van der Waals surface area contributed by atoms with Crippen LogP contribution >= 0.6 is 24.8 Å². The normalized spacial score (nSPS) is 19.9. The zero-order valence-corrected chi connectivity index (χ0v) is 17.4. The molecule has 25 heavy (non-hydrogen) atoms. The highest BCUT2D eigenvalue weighted by molar-refractivity contribution is 5.85. The number of piperidine rings is 1. The molecule has 1 heterocycles. The number of hydrogen-bond acceptors (Lipinski definition) is 3. The lowest BCUT2D eigenvalue weighted by atomic mass is 9.92. The van der Waals surface area contributed by atoms with Crippen molar-refractivity contribution in [1.82, 2.24) is 15.5 Å². The van der Waals surface area contributed by atoms with Crippen LogP contribution in [0.1, 0.15) is 44.7 Å². The molecule has 1 fully saturated rings. The summed E-state index contributed by atoms with van der Waals surface area (Å²) in [6.45, 7) is 9.04. The summed E-state index contributed by atoms with van der Waals surface area (Å²) in [4.78, 5) is 14.6. The lowest BCUT2D eigenvalue weighted by Crippen LogP contribution is -2.42. The van der Waals surface area contributed by atoms with Gasteiger partial charge in [-0.15, -0.1) is 24.8 Å². The Morgan fingerprint density at radius 3 is 2.64 bits per heavy atom. The molecule has 1 aliphatic rings. The van der Waals surface area contributed by atoms with Gasteiger partial charge in [0.2, 0.25) is 5.91 Å². The summed E-state index contributed by atoms with van der Waals surface area (Å²) in [6, 6.07) is 9.49. The quantitative estimate of drug-likeness (QED) is 0.783. The van der Waals surface area contributed by atoms with Gasteiger partial charge in [0.05, 0.1) is 0 Å². The fourth-order valence-electron chi connectivity index (χ4n) is 3.01. The topological polar surface area (TPSA) is 44.4 Å². The summed E-state index contributed by atoms with van der Waals surface area (Å²) in [6.07, 6.45) is 1.88. The SMILES string of the molecule is CC(C)N(C)Cc1cccc(CNC(=O)[C@H]2CCN[C@@H](C)C2)c1.Cl.Cl. The highest BCUT2D eigenvalue weighted by Gasteiger charge is 2.24. The minimum atomic E-state index is 0. The van der Waals surface area contributed by atoms with Crippen molar-refractivity contribution in [3.05, 3.63) is 35.4 Å². The second-order valence-corrected chi connectivity index (χ2v) is 7.12. The molecule has 1 aromatic carbocycles. The average Bonchev–Trinajstić information content (AvgIpc) is 2.53. The van der Waals surface area contributed by atoms with Gasteiger partial charge in [-0.3, -0.25) is 9.69 Å². The monoisotopic (exact) mass is 389 g/mol. The number of benzene rings is 1. The first-order chi connectivity index (χ1) is 11.0. The first-order valence-corrected chi connectivity index (χ1v) is 8.75. The molecule has 1 aliphatic heterocycles. The molecule has 0 saturated carbocycles. The lowest BCUT2D eigenvalue weighted by molar-refractivity contribution is -0.126. The highest BCUT2D eigenvalue weighted by Crippen LogP contribution is 2.16. The van der Waals surface area contributed by atoms with Gasteiger partial charge in [0, 0.05) is 31.1 Å². The van der Waals surface area contributed by atoms with Crippen molar-refractivity contribution in [2.45, 2.75) is 58.8 Å². The van der Waals surface area contributed by atoms with Crippen LogP contribution < -0.4 is 10.6 Å². The average molecular weight is 390 g/mol. The molecule has 1 amide bonds. The Labute approximate surface area is 164 Å². The maximum absolute atomic E-state index is 12.3. The molecule has 0 unspecified atom stereocenters. The summed E-state index contributed by atoms with van der Waals surface area (Å²) >= 11 is 0. The summed E-state index contributed by atoms with van der Waals surface area (Å²) in [5.41, 5.74) is 2.47. The smallest absolute Gasteiger partial charge is 0.223 e. The Bertz CT molecular complexity index is 525. The molecular weight excluding hydrogens is 357 g/mol. The number of carbonyl (C=O) groups is 1. The van der Waals surface area contributed by atoms with Gasteiger partial charge in [-0.05, 0) is 58.3 Å². The van der Waals surface area contributed by atoms with Crippen molar-refractivity contribution in [2.75, 3.05) is 13.6 Å². The van der Waals surface area contributed by atoms with E-state index in [1.165, 1.54) is 11.1 Å². The van der Waals surface area contributed by atoms with Gasteiger partial charge in [-0.1, -0.05) is 24.3 Å². The Morgan fingerprint density at radius 1 is 1.32 bits per heavy atom. The van der Waals surface area contributed by atoms with Gasteiger partial charge in [-0.2, -0.15) is 0 Å². The van der Waals surface area contributed by atoms with Crippen LogP contribution in [0.25, 0.3) is 0 Å². The van der Waals surface area contributed by atoms with Crippen molar-refractivity contribution in [2.24, 2.45) is 5.92 Å². The van der Waals surface area contributed by atoms with E-state index >= 15 is 0 Å². The third kappa shape index (κ3) is 7.95. The van der Waals surface area contributed by atoms with E-state index in [9.17, 15) is 4.79 Å². The third-order valence-corrected chi connectivity index (χ3v) is 4.77. The van der Waals surface area contributed by atoms with Gasteiger partial charge in [0.1, 0.15) is 0 Å². The van der Waals surface area contributed by atoms with Crippen molar-refractivity contribution >= 4 is 30.7 Å². The summed E-state index contributed by atoms with van der Waals surface area (Å²) in [5, 5.41) is 6.50. The molecule has 1 aromatic rings. The molecule has 144 valence electrons. The largest absolute Gasteiger partial charge is 0.352 e. The van der Waals surface area contributed by atoms with Gasteiger partial charge in [0.25, 0.3) is 0 Å². The summed E-state index contributed by atoms with van der Waals surface area (Å²) < 4.78 is 0. The Balaban J connectivity index is 0.00000288. The predicted octanol–water partition coefficient (Wildman–Crippen LogP) is 3.37. The van der Waals surface area contributed by atoms with E-state index in [1.807, 2.05) is 0 Å². The molecule has 0 spiro atoms. The van der Waals surface area contributed by atoms with Gasteiger partial charge >= 0.3 is 0 Å². The fraction of sp³-hybridized carbons (Fsp3) is 0.632. The van der Waals surface area contributed by atoms with Gasteiger partial charge in [-0.25, -0.2) is 0 Å². The van der Waals surface area contributed by atoms with Crippen molar-refractivity contribution in [1.29, 1.82) is 0 Å². The number of nitrogens with zero attached hydrogens (tertiary/aromatic N) is 1. The van der Waals surface area contributed by atoms with Gasteiger partial charge in [0.15, 0.2) is 0 Å². The van der Waals surface area contributed by atoms with Crippen LogP contribution in [0, 0.1) is 5.92 Å². The van der Waals surface area contributed by atoms with Crippen molar-refractivity contribution in [3.63, 3.8) is 0 Å². The number of amides is 1. The fourth-order valence-corrected chi connectivity index (χ4v) is 3.01. The zero-order chi connectivity index (χ0) is 16.8. The molecule has 0 aliphatic carbocycles. The van der Waals surface area contributed by atoms with E-state index in [1.54, 1.807) is 0 Å². The van der Waals surface area contributed by atoms with E-state index in [4.69, 9.17) is 0 Å². The van der Waals surface area contributed by atoms with Gasteiger partial charge < -0.3 is 10.6 Å². The maximum Gasteiger partial charge on any atom is 0.223 e. The first-order valence-electron chi connectivity index (χ1n) is 8.75. The van der Waals surface area contributed by atoms with E-state index in [-0.39, 0.29) is 36.6 Å². The summed E-state index contributed by atoms with van der Waals surface area (Å²) in [5.74, 6) is 0.351. The third-order valence-electron chi connectivity index (χ3n) is 4.77. The van der Waals surface area contributed by atoms with Crippen molar-refractivity contribution < 1.29 is 4.79 Å². The number of hydrogen-bond donors (Lipinski definition) is 2. The molecule has 1 saturated heterocycles. The maximum atomic E-state index is 12.3. The number of rotatable bonds is 6. The highest BCUT2D eigenvalue weighted by atomic mass is 35.5. The first kappa shape index (κ1) is 24.2. The van der Waals surface area contributed by atoms with E-state index in [0.29, 0.717) is 18.6 Å². The number of nitrogens with one attached hydrogen (secondary N) is 2. The second-order valence-electron chi connectivity index (χ2n) is 7.12. The van der Waals surface area contributed by atoms with Crippen LogP contribution in [-0.2, 0) is 17.9 Å².